The Kier molecular flexibility index (Phi) is 22.8. The van der Waals surface area contributed by atoms with Crippen LogP contribution in [0.1, 0.15) is 110 Å². The summed E-state index contributed by atoms with van der Waals surface area (Å²) in [6.07, 6.45) is -2.22. The van der Waals surface area contributed by atoms with E-state index in [1.807, 2.05) is 0 Å². The number of ether oxygens (including phenoxy) is 4. The van der Waals surface area contributed by atoms with E-state index in [-0.39, 0.29) is 66.8 Å². The average molecular weight is 1380 g/mol. The predicted octanol–water partition coefficient (Wildman–Crippen LogP) is 1.23. The highest BCUT2D eigenvalue weighted by molar-refractivity contribution is 6.10. The number of carbonyl (C=O) groups excluding carboxylic acids is 12. The van der Waals surface area contributed by atoms with Crippen LogP contribution in [0.15, 0.2) is 69.9 Å². The first-order chi connectivity index (χ1) is 47.4. The molecule has 0 bridgehead atoms. The second-order valence-electron chi connectivity index (χ2n) is 26.5. The zero-order valence-corrected chi connectivity index (χ0v) is 57.9. The first-order valence-electron chi connectivity index (χ1n) is 33.2. The van der Waals surface area contributed by atoms with E-state index in [0.29, 0.717) is 41.0 Å². The molecule has 0 spiro atoms. The number of nitrogens with one attached hydrogen (secondary N) is 6. The number of carbonyl (C=O) groups is 12. The van der Waals surface area contributed by atoms with Gasteiger partial charge in [-0.3, -0.25) is 52.7 Å². The number of nitrogens with two attached hydrogens (primary N) is 1. The zero-order chi connectivity index (χ0) is 72.9. The molecular weight excluding hydrogens is 1300 g/mol. The number of aryl methyl sites for hydroxylation is 1. The van der Waals surface area contributed by atoms with Crippen molar-refractivity contribution in [2.75, 3.05) is 60.2 Å². The molecule has 6 aliphatic rings. The maximum absolute atomic E-state index is 15.4. The lowest BCUT2D eigenvalue weighted by Gasteiger charge is -2.34. The minimum Gasteiger partial charge on any atom is -0.497 e. The van der Waals surface area contributed by atoms with Crippen LogP contribution in [0.25, 0.3) is 22.6 Å². The van der Waals surface area contributed by atoms with Crippen LogP contribution >= 0.6 is 0 Å². The summed E-state index contributed by atoms with van der Waals surface area (Å²) >= 11 is 0. The fourth-order valence-electron chi connectivity index (χ4n) is 12.9. The summed E-state index contributed by atoms with van der Waals surface area (Å²) in [5.41, 5.74) is 4.47. The third-order valence-corrected chi connectivity index (χ3v) is 18.6. The summed E-state index contributed by atoms with van der Waals surface area (Å²) in [6, 6.07) is 4.61. The smallest absolute Gasteiger partial charge is 0.329 e. The number of anilines is 1. The molecule has 10 amide bonds. The van der Waals surface area contributed by atoms with Gasteiger partial charge in [0.25, 0.3) is 11.8 Å². The Hall–Kier alpha value is -10.7. The van der Waals surface area contributed by atoms with Crippen LogP contribution in [-0.4, -0.2) is 211 Å². The average Bonchev–Trinajstić information content (AvgIpc) is 0.806. The molecule has 8 N–H and O–H groups in total. The molecule has 100 heavy (non-hydrogen) atoms. The van der Waals surface area contributed by atoms with Crippen molar-refractivity contribution in [2.24, 2.45) is 11.8 Å². The number of aromatic nitrogens is 1. The number of benzene rings is 4. The number of nitrogens with zero attached hydrogens (tertiary/aromatic N) is 5. The van der Waals surface area contributed by atoms with Crippen LogP contribution in [0, 0.1) is 25.7 Å². The van der Waals surface area contributed by atoms with Gasteiger partial charge in [-0.15, -0.1) is 0 Å². The lowest BCUT2D eigenvalue weighted by Crippen LogP contribution is -2.61. The number of amides is 10. The second-order valence-corrected chi connectivity index (χ2v) is 26.5. The summed E-state index contributed by atoms with van der Waals surface area (Å²) in [7, 11) is 5.74. The fourth-order valence-corrected chi connectivity index (χ4v) is 12.9. The lowest BCUT2D eigenvalue weighted by molar-refractivity contribution is -0.156. The van der Waals surface area contributed by atoms with Gasteiger partial charge in [-0.2, -0.15) is 0 Å². The molecule has 30 nitrogen and oxygen atoms in total. The first-order valence-corrected chi connectivity index (χ1v) is 33.2. The van der Waals surface area contributed by atoms with E-state index < -0.39 is 179 Å². The van der Waals surface area contributed by atoms with E-state index in [4.69, 9.17) is 34.1 Å². The molecule has 10 atom stereocenters. The Morgan fingerprint density at radius 1 is 0.610 bits per heavy atom. The number of nitrogen functional groups attached to an aromatic ring is 1. The molecule has 0 unspecified atom stereocenters. The van der Waals surface area contributed by atoms with Crippen molar-refractivity contribution in [3.05, 3.63) is 104 Å². The zero-order valence-electron chi connectivity index (χ0n) is 57.9. The van der Waals surface area contributed by atoms with Crippen molar-refractivity contribution in [1.29, 1.82) is 0 Å². The van der Waals surface area contributed by atoms with Crippen LogP contribution in [0.5, 0.6) is 11.5 Å². The van der Waals surface area contributed by atoms with Crippen LogP contribution in [0.3, 0.4) is 0 Å². The third kappa shape index (κ3) is 15.9. The van der Waals surface area contributed by atoms with E-state index in [2.05, 4.69) is 31.9 Å². The largest absolute Gasteiger partial charge is 0.497 e. The summed E-state index contributed by atoms with van der Waals surface area (Å²) in [4.78, 5) is 199. The van der Waals surface area contributed by atoms with Gasteiger partial charge in [0, 0.05) is 45.6 Å². The Balaban J connectivity index is 1.11. The minimum absolute atomic E-state index is 0.102. The predicted molar refractivity (Wildman–Crippen MR) is 360 cm³/mol. The van der Waals surface area contributed by atoms with E-state index in [1.165, 1.54) is 71.0 Å². The molecule has 30 heteroatoms. The van der Waals surface area contributed by atoms with Gasteiger partial charge in [0.05, 0.1) is 44.1 Å². The highest BCUT2D eigenvalue weighted by atomic mass is 16.6. The number of esters is 2. The molecule has 9 rings (SSSR count). The fraction of sp³-hybridized carbons (Fsp3) is 0.486. The third-order valence-electron chi connectivity index (χ3n) is 18.6. The van der Waals surface area contributed by atoms with E-state index in [1.54, 1.807) is 83.1 Å². The lowest BCUT2D eigenvalue weighted by atomic mass is 9.98. The first kappa shape index (κ1) is 73.6. The number of cyclic esters (lactones) is 2. The minimum atomic E-state index is -1.94. The molecule has 3 aromatic carbocycles. The normalized spacial score (nSPS) is 24.3. The van der Waals surface area contributed by atoms with Crippen LogP contribution in [0.2, 0.25) is 0 Å². The number of hydrogen-bond donors (Lipinski definition) is 7. The molecule has 4 fully saturated rings. The molecule has 1 aliphatic carbocycles. The number of likely N-dealkylation sites (N-methyl/N-ethyl adjacent to an activating group) is 2. The highest BCUT2D eigenvalue weighted by Crippen LogP contribution is 2.35. The van der Waals surface area contributed by atoms with Gasteiger partial charge >= 0.3 is 11.9 Å². The van der Waals surface area contributed by atoms with E-state index in [0.717, 1.165) is 9.80 Å². The van der Waals surface area contributed by atoms with Gasteiger partial charge in [-0.05, 0) is 112 Å². The summed E-state index contributed by atoms with van der Waals surface area (Å²) in [5.74, 6) is -11.0. The topological polar surface area (TPSA) is 396 Å². The highest BCUT2D eigenvalue weighted by Gasteiger charge is 2.46. The van der Waals surface area contributed by atoms with Crippen molar-refractivity contribution in [3.63, 3.8) is 0 Å². The number of fused-ring (bicyclic) bond motifs is 4. The van der Waals surface area contributed by atoms with Gasteiger partial charge in [0.15, 0.2) is 11.3 Å². The second kappa shape index (κ2) is 31.0. The van der Waals surface area contributed by atoms with Gasteiger partial charge < -0.3 is 80.6 Å². The SMILES string of the molecule is COc1ccc(C[C@H]2NC(=O)CN(C)C(=O)[C@@H]3CCCN3C(=O)[C@@H](C(C)C)NC(=O)[C@@H](NC(=O)c3c4nc5c(C(=O)N[C@@H]6C(=O)N[C@H](C(C)C)C(=O)N7CCC[C@H]7C(=O)N(C)CC(=O)N[C@H](Cc7ccc(OC)cc7)C(=O)O[C@@H]6C)ccc(C)c5oc-4c(C)c(=O)c3N)[C@@H](C)OC2=O)cc1. The van der Waals surface area contributed by atoms with E-state index in [9.17, 15) is 43.2 Å². The summed E-state index contributed by atoms with van der Waals surface area (Å²) < 4.78 is 29.0. The quantitative estimate of drug-likeness (QED) is 0.0525. The van der Waals surface area contributed by atoms with Gasteiger partial charge in [0.1, 0.15) is 83.3 Å². The molecule has 0 saturated carbocycles. The Labute approximate surface area is 576 Å². The Morgan fingerprint density at radius 2 is 1.04 bits per heavy atom. The molecule has 4 saturated heterocycles. The van der Waals surface area contributed by atoms with Crippen molar-refractivity contribution in [3.8, 4) is 23.0 Å². The number of methoxy groups -OCH3 is 2. The molecule has 534 valence electrons. The van der Waals surface area contributed by atoms with Crippen molar-refractivity contribution in [2.45, 2.75) is 154 Å². The van der Waals surface area contributed by atoms with Crippen molar-refractivity contribution in [1.82, 2.24) is 56.5 Å². The molecule has 0 radical (unpaired) electrons. The molecule has 3 aromatic rings. The standard InChI is InChI=1S/C70H86N12O18/c1-33(2)52-67(92)81-27-13-15-46(81)65(90)79(9)31-48(83)72-44(29-39-18-22-41(96-11)23-19-39)69(94)98-37(7)54(63(88)75-52)77-61(86)43-26-17-35(5)59-56(43)74-57-50(51(71)58(85)36(6)60(57)100-59)62(87)78-55-38(8)99-70(95)45(30-40-20-24-42(97-12)25-21-40)73-49(84)32-80(10)66(91)47-16-14-28-82(47)68(93)53(34(3)4)76-64(55)89/h17-26,33-34,37-38,44-47,52-55H,13-16,27-32,71H2,1-12H3,(H,72,83)(H,73,84)(H,75,88)(H,76,89)(H,77,86)(H,78,87)/t37-,38-,44-,45-,46+,47+,52-,53-,54+,55+/m1/s1. The molecular formula is C70H86N12O18. The van der Waals surface area contributed by atoms with Gasteiger partial charge in [-0.1, -0.05) is 58.0 Å². The Morgan fingerprint density at radius 3 is 1.46 bits per heavy atom. The molecule has 0 aromatic heterocycles. The van der Waals surface area contributed by atoms with Gasteiger partial charge in [-0.25, -0.2) is 14.6 Å². The number of rotatable bonds is 12. The maximum atomic E-state index is 15.4. The summed E-state index contributed by atoms with van der Waals surface area (Å²) in [6.45, 7) is 11.4. The van der Waals surface area contributed by atoms with Crippen molar-refractivity contribution >= 4 is 87.8 Å². The van der Waals surface area contributed by atoms with Crippen LogP contribution in [0.4, 0.5) is 5.69 Å². The maximum Gasteiger partial charge on any atom is 0.329 e. The van der Waals surface area contributed by atoms with Gasteiger partial charge in [0.2, 0.25) is 52.7 Å². The molecule has 5 aliphatic heterocycles. The van der Waals surface area contributed by atoms with Crippen LogP contribution in [-0.2, 0) is 70.3 Å². The van der Waals surface area contributed by atoms with Crippen molar-refractivity contribution < 1.29 is 80.9 Å². The van der Waals surface area contributed by atoms with Crippen LogP contribution < -0.4 is 52.5 Å². The van der Waals surface area contributed by atoms with E-state index >= 15 is 19.2 Å². The number of hydrogen-bond acceptors (Lipinski definition) is 20. The summed E-state index contributed by atoms with van der Waals surface area (Å²) in [5, 5.41) is 16.0. The Bertz CT molecular complexity index is 4060. The monoisotopic (exact) mass is 1380 g/mol. The molecule has 5 heterocycles.